The highest BCUT2D eigenvalue weighted by Crippen LogP contribution is 2.22. The van der Waals surface area contributed by atoms with Gasteiger partial charge in [-0.05, 0) is 51.6 Å². The number of amides is 1. The predicted octanol–water partition coefficient (Wildman–Crippen LogP) is 1.88. The first-order valence-electron chi connectivity index (χ1n) is 8.70. The second kappa shape index (κ2) is 7.93. The Hall–Kier alpha value is -1.40. The number of carbonyl (C=O) groups is 1. The molecule has 1 N–H and O–H groups in total. The highest BCUT2D eigenvalue weighted by molar-refractivity contribution is 5.76. The van der Waals surface area contributed by atoms with E-state index < -0.39 is 0 Å². The minimum atomic E-state index is 0.209. The number of hydrogen-bond donors (Lipinski definition) is 1. The fraction of sp³-hybridized carbons (Fsp3) is 0.765. The van der Waals surface area contributed by atoms with Crippen molar-refractivity contribution in [1.82, 2.24) is 15.4 Å². The Labute approximate surface area is 137 Å². The first-order valence-corrected chi connectivity index (χ1v) is 8.70. The number of rotatable bonds is 5. The van der Waals surface area contributed by atoms with Crippen LogP contribution in [0.15, 0.2) is 10.6 Å². The summed E-state index contributed by atoms with van der Waals surface area (Å²) in [7, 11) is 0. The highest BCUT2D eigenvalue weighted by Gasteiger charge is 2.24. The molecular formula is C17H27N3O3. The summed E-state index contributed by atoms with van der Waals surface area (Å²) in [5.41, 5.74) is 0.930. The highest BCUT2D eigenvalue weighted by atomic mass is 16.5. The zero-order valence-corrected chi connectivity index (χ0v) is 13.9. The zero-order chi connectivity index (χ0) is 16.1. The zero-order valence-electron chi connectivity index (χ0n) is 13.9. The summed E-state index contributed by atoms with van der Waals surface area (Å²) in [6.45, 7) is 6.34. The molecule has 0 bridgehead atoms. The van der Waals surface area contributed by atoms with Gasteiger partial charge in [-0.2, -0.15) is 0 Å². The van der Waals surface area contributed by atoms with Gasteiger partial charge in [0.05, 0.1) is 12.2 Å². The van der Waals surface area contributed by atoms with Crippen LogP contribution in [0.4, 0.5) is 0 Å². The van der Waals surface area contributed by atoms with Crippen molar-refractivity contribution in [2.75, 3.05) is 26.3 Å². The molecule has 2 aliphatic rings. The van der Waals surface area contributed by atoms with E-state index in [-0.39, 0.29) is 5.91 Å². The van der Waals surface area contributed by atoms with Gasteiger partial charge in [-0.15, -0.1) is 0 Å². The van der Waals surface area contributed by atoms with Gasteiger partial charge in [0.1, 0.15) is 0 Å². The van der Waals surface area contributed by atoms with Gasteiger partial charge in [-0.3, -0.25) is 9.69 Å². The lowest BCUT2D eigenvalue weighted by molar-refractivity contribution is -0.123. The van der Waals surface area contributed by atoms with E-state index >= 15 is 0 Å². The van der Waals surface area contributed by atoms with E-state index in [0.29, 0.717) is 18.4 Å². The van der Waals surface area contributed by atoms with Gasteiger partial charge >= 0.3 is 0 Å². The third-order valence-electron chi connectivity index (χ3n) is 4.82. The van der Waals surface area contributed by atoms with Crippen LogP contribution in [-0.4, -0.2) is 48.3 Å². The van der Waals surface area contributed by atoms with Crippen molar-refractivity contribution in [1.29, 1.82) is 0 Å². The van der Waals surface area contributed by atoms with Crippen LogP contribution in [0.2, 0.25) is 0 Å². The molecule has 6 heteroatoms. The Balaban J connectivity index is 1.36. The van der Waals surface area contributed by atoms with Gasteiger partial charge < -0.3 is 14.6 Å². The Morgan fingerprint density at radius 1 is 1.30 bits per heavy atom. The summed E-state index contributed by atoms with van der Waals surface area (Å²) in [4.78, 5) is 14.5. The number of likely N-dealkylation sites (tertiary alicyclic amines) is 1. The number of nitrogens with one attached hydrogen (secondary N) is 1. The molecule has 0 aliphatic carbocycles. The van der Waals surface area contributed by atoms with Crippen molar-refractivity contribution in [3.05, 3.63) is 17.5 Å². The molecular weight excluding hydrogens is 294 g/mol. The largest absolute Gasteiger partial charge is 0.381 e. The van der Waals surface area contributed by atoms with E-state index in [1.54, 1.807) is 0 Å². The van der Waals surface area contributed by atoms with Crippen LogP contribution >= 0.6 is 0 Å². The van der Waals surface area contributed by atoms with Gasteiger partial charge in [-0.25, -0.2) is 0 Å². The van der Waals surface area contributed by atoms with Crippen LogP contribution in [-0.2, 0) is 16.1 Å². The van der Waals surface area contributed by atoms with Gasteiger partial charge in [0.15, 0.2) is 5.76 Å². The molecule has 2 fully saturated rings. The van der Waals surface area contributed by atoms with Gasteiger partial charge in [0.2, 0.25) is 5.91 Å². The fourth-order valence-corrected chi connectivity index (χ4v) is 3.45. The van der Waals surface area contributed by atoms with Crippen LogP contribution in [0.1, 0.15) is 43.6 Å². The second-order valence-electron chi connectivity index (χ2n) is 6.81. The minimum absolute atomic E-state index is 0.209. The Bertz CT molecular complexity index is 503. The lowest BCUT2D eigenvalue weighted by atomic mass is 9.93. The van der Waals surface area contributed by atoms with Gasteiger partial charge in [-0.1, -0.05) is 5.16 Å². The SMILES string of the molecule is Cc1cc(CN2CCC(CC(=O)NC3CCOCC3)CC2)on1. The molecule has 3 heterocycles. The van der Waals surface area contributed by atoms with E-state index in [2.05, 4.69) is 15.4 Å². The molecule has 2 saturated heterocycles. The number of ether oxygens (including phenoxy) is 1. The second-order valence-corrected chi connectivity index (χ2v) is 6.81. The summed E-state index contributed by atoms with van der Waals surface area (Å²) in [5.74, 6) is 1.64. The number of piperidine rings is 1. The maximum atomic E-state index is 12.2. The molecule has 128 valence electrons. The quantitative estimate of drug-likeness (QED) is 0.897. The Morgan fingerprint density at radius 3 is 2.70 bits per heavy atom. The number of aryl methyl sites for hydroxylation is 1. The fourth-order valence-electron chi connectivity index (χ4n) is 3.45. The van der Waals surface area contributed by atoms with E-state index in [1.807, 2.05) is 13.0 Å². The van der Waals surface area contributed by atoms with Crippen LogP contribution in [0.5, 0.6) is 0 Å². The topological polar surface area (TPSA) is 67.6 Å². The third kappa shape index (κ3) is 5.04. The summed E-state index contributed by atoms with van der Waals surface area (Å²) in [6.07, 6.45) is 4.71. The van der Waals surface area contributed by atoms with Crippen LogP contribution < -0.4 is 5.32 Å². The molecule has 1 amide bonds. The molecule has 23 heavy (non-hydrogen) atoms. The van der Waals surface area contributed by atoms with Crippen LogP contribution in [0.25, 0.3) is 0 Å². The summed E-state index contributed by atoms with van der Waals surface area (Å²) >= 11 is 0. The molecule has 0 atom stereocenters. The molecule has 0 spiro atoms. The first kappa shape index (κ1) is 16.5. The number of nitrogens with zero attached hydrogens (tertiary/aromatic N) is 2. The normalized spacial score (nSPS) is 21.4. The Morgan fingerprint density at radius 2 is 2.04 bits per heavy atom. The summed E-state index contributed by atoms with van der Waals surface area (Å²) < 4.78 is 10.6. The summed E-state index contributed by atoms with van der Waals surface area (Å²) in [5, 5.41) is 7.09. The predicted molar refractivity (Wildman–Crippen MR) is 85.8 cm³/mol. The number of hydrogen-bond acceptors (Lipinski definition) is 5. The smallest absolute Gasteiger partial charge is 0.220 e. The van der Waals surface area contributed by atoms with Crippen molar-refractivity contribution in [3.8, 4) is 0 Å². The monoisotopic (exact) mass is 321 g/mol. The van der Waals surface area contributed by atoms with E-state index in [1.165, 1.54) is 0 Å². The third-order valence-corrected chi connectivity index (χ3v) is 4.82. The van der Waals surface area contributed by atoms with E-state index in [4.69, 9.17) is 9.26 Å². The van der Waals surface area contributed by atoms with Crippen molar-refractivity contribution in [2.24, 2.45) is 5.92 Å². The molecule has 3 rings (SSSR count). The molecule has 1 aromatic rings. The van der Waals surface area contributed by atoms with Crippen molar-refractivity contribution < 1.29 is 14.1 Å². The van der Waals surface area contributed by atoms with Crippen LogP contribution in [0.3, 0.4) is 0 Å². The Kier molecular flexibility index (Phi) is 5.67. The molecule has 6 nitrogen and oxygen atoms in total. The lowest BCUT2D eigenvalue weighted by Crippen LogP contribution is -2.41. The molecule has 0 unspecified atom stereocenters. The maximum Gasteiger partial charge on any atom is 0.220 e. The van der Waals surface area contributed by atoms with E-state index in [9.17, 15) is 4.79 Å². The van der Waals surface area contributed by atoms with E-state index in [0.717, 1.165) is 70.0 Å². The average Bonchev–Trinajstić information content (AvgIpc) is 2.95. The van der Waals surface area contributed by atoms with Gasteiger partial charge in [0.25, 0.3) is 0 Å². The molecule has 0 aromatic carbocycles. The number of carbonyl (C=O) groups excluding carboxylic acids is 1. The maximum absolute atomic E-state index is 12.2. The van der Waals surface area contributed by atoms with Gasteiger partial charge in [0, 0.05) is 31.7 Å². The van der Waals surface area contributed by atoms with Crippen molar-refractivity contribution in [2.45, 2.75) is 51.6 Å². The van der Waals surface area contributed by atoms with Crippen LogP contribution in [0, 0.1) is 12.8 Å². The molecule has 2 aliphatic heterocycles. The molecule has 0 saturated carbocycles. The first-order chi connectivity index (χ1) is 11.2. The average molecular weight is 321 g/mol. The number of aromatic nitrogens is 1. The molecule has 1 aromatic heterocycles. The minimum Gasteiger partial charge on any atom is -0.381 e. The van der Waals surface area contributed by atoms with Crippen molar-refractivity contribution >= 4 is 5.91 Å². The molecule has 0 radical (unpaired) electrons. The van der Waals surface area contributed by atoms with Crippen molar-refractivity contribution in [3.63, 3.8) is 0 Å². The lowest BCUT2D eigenvalue weighted by Gasteiger charge is -2.31. The standard InChI is InChI=1S/C17H27N3O3/c1-13-10-16(23-19-13)12-20-6-2-14(3-7-20)11-17(21)18-15-4-8-22-9-5-15/h10,14-15H,2-9,11-12H2,1H3,(H,18,21). The summed E-state index contributed by atoms with van der Waals surface area (Å²) in [6, 6.07) is 2.30.